The molecule has 1 saturated heterocycles. The van der Waals surface area contributed by atoms with Gasteiger partial charge in [0.05, 0.1) is 11.3 Å². The lowest BCUT2D eigenvalue weighted by atomic mass is 10.1. The van der Waals surface area contributed by atoms with E-state index in [2.05, 4.69) is 10.6 Å². The van der Waals surface area contributed by atoms with Crippen LogP contribution in [0.5, 0.6) is 0 Å². The molecule has 0 atom stereocenters. The molecule has 0 radical (unpaired) electrons. The van der Waals surface area contributed by atoms with Crippen molar-refractivity contribution in [3.8, 4) is 0 Å². The molecule has 21 heavy (non-hydrogen) atoms. The molecule has 0 spiro atoms. The van der Waals surface area contributed by atoms with Crippen LogP contribution in [-0.4, -0.2) is 38.9 Å². The average Bonchev–Trinajstić information content (AvgIpc) is 2.43. The first-order valence-electron chi connectivity index (χ1n) is 6.41. The zero-order valence-corrected chi connectivity index (χ0v) is 11.9. The number of aromatic carboxylic acids is 1. The fourth-order valence-corrected chi connectivity index (χ4v) is 3.40. The maximum Gasteiger partial charge on any atom is 0.337 e. The van der Waals surface area contributed by atoms with Crippen LogP contribution < -0.4 is 10.6 Å². The SMILES string of the molecule is O=C(Nc1c(F)cccc1C(=O)O)NC1CCS(=O)CC1. The predicted octanol–water partition coefficient (Wildman–Crippen LogP) is 1.56. The van der Waals surface area contributed by atoms with E-state index in [4.69, 9.17) is 5.11 Å². The Kier molecular flexibility index (Phi) is 4.89. The van der Waals surface area contributed by atoms with Gasteiger partial charge in [-0.1, -0.05) is 6.07 Å². The fraction of sp³-hybridized carbons (Fsp3) is 0.385. The summed E-state index contributed by atoms with van der Waals surface area (Å²) in [7, 11) is -0.837. The standard InChI is InChI=1S/C13H15FN2O4S/c14-10-3-1-2-9(12(17)18)11(10)16-13(19)15-8-4-6-21(20)7-5-8/h1-3,8H,4-7H2,(H,17,18)(H2,15,16,19). The average molecular weight is 314 g/mol. The van der Waals surface area contributed by atoms with E-state index in [1.807, 2.05) is 0 Å². The number of halogens is 1. The molecule has 0 bridgehead atoms. The maximum atomic E-state index is 13.7. The number of para-hydroxylation sites is 1. The fourth-order valence-electron chi connectivity index (χ4n) is 2.10. The molecule has 8 heteroatoms. The van der Waals surface area contributed by atoms with Crippen molar-refractivity contribution in [2.45, 2.75) is 18.9 Å². The zero-order valence-electron chi connectivity index (χ0n) is 11.1. The second-order valence-electron chi connectivity index (χ2n) is 4.69. The van der Waals surface area contributed by atoms with E-state index in [1.54, 1.807) is 0 Å². The van der Waals surface area contributed by atoms with Gasteiger partial charge in [-0.25, -0.2) is 14.0 Å². The number of carbonyl (C=O) groups excluding carboxylic acids is 1. The van der Waals surface area contributed by atoms with Crippen molar-refractivity contribution in [2.24, 2.45) is 0 Å². The number of carbonyl (C=O) groups is 2. The van der Waals surface area contributed by atoms with Gasteiger partial charge in [0.25, 0.3) is 0 Å². The lowest BCUT2D eigenvalue weighted by molar-refractivity contribution is 0.0697. The molecule has 2 amide bonds. The molecule has 0 saturated carbocycles. The Labute approximate surface area is 123 Å². The highest BCUT2D eigenvalue weighted by Gasteiger charge is 2.21. The molecule has 2 rings (SSSR count). The molecule has 1 aromatic carbocycles. The smallest absolute Gasteiger partial charge is 0.337 e. The molecule has 1 aromatic rings. The highest BCUT2D eigenvalue weighted by Crippen LogP contribution is 2.20. The summed E-state index contributed by atoms with van der Waals surface area (Å²) < 4.78 is 24.9. The van der Waals surface area contributed by atoms with E-state index in [-0.39, 0.29) is 17.3 Å². The highest BCUT2D eigenvalue weighted by molar-refractivity contribution is 7.85. The van der Waals surface area contributed by atoms with Crippen LogP contribution in [0.2, 0.25) is 0 Å². The summed E-state index contributed by atoms with van der Waals surface area (Å²) in [6, 6.07) is 2.75. The van der Waals surface area contributed by atoms with Crippen molar-refractivity contribution in [3.05, 3.63) is 29.6 Å². The van der Waals surface area contributed by atoms with E-state index < -0.39 is 28.6 Å². The van der Waals surface area contributed by atoms with Crippen molar-refractivity contribution >= 4 is 28.5 Å². The van der Waals surface area contributed by atoms with Gasteiger partial charge >= 0.3 is 12.0 Å². The minimum absolute atomic E-state index is 0.136. The number of amides is 2. The first kappa shape index (κ1) is 15.4. The summed E-state index contributed by atoms with van der Waals surface area (Å²) in [5.41, 5.74) is -0.670. The maximum absolute atomic E-state index is 13.7. The number of urea groups is 1. The minimum Gasteiger partial charge on any atom is -0.478 e. The second-order valence-corrected chi connectivity index (χ2v) is 6.38. The number of hydrogen-bond donors (Lipinski definition) is 3. The number of benzene rings is 1. The van der Waals surface area contributed by atoms with E-state index in [0.29, 0.717) is 24.3 Å². The van der Waals surface area contributed by atoms with Crippen molar-refractivity contribution in [1.82, 2.24) is 5.32 Å². The lowest BCUT2D eigenvalue weighted by Gasteiger charge is -2.22. The quantitative estimate of drug-likeness (QED) is 0.789. The summed E-state index contributed by atoms with van der Waals surface area (Å²) in [5, 5.41) is 13.9. The Morgan fingerprint density at radius 2 is 1.95 bits per heavy atom. The first-order chi connectivity index (χ1) is 9.97. The van der Waals surface area contributed by atoms with Crippen LogP contribution in [-0.2, 0) is 10.8 Å². The Morgan fingerprint density at radius 1 is 1.29 bits per heavy atom. The zero-order chi connectivity index (χ0) is 15.4. The number of hydrogen-bond acceptors (Lipinski definition) is 3. The summed E-state index contributed by atoms with van der Waals surface area (Å²) in [5.74, 6) is -1.09. The third kappa shape index (κ3) is 4.01. The third-order valence-electron chi connectivity index (χ3n) is 3.21. The third-order valence-corrected chi connectivity index (χ3v) is 4.59. The molecule has 0 unspecified atom stereocenters. The second kappa shape index (κ2) is 6.66. The number of nitrogens with one attached hydrogen (secondary N) is 2. The molecule has 1 heterocycles. The van der Waals surface area contributed by atoms with Crippen LogP contribution in [0.25, 0.3) is 0 Å². The summed E-state index contributed by atoms with van der Waals surface area (Å²) >= 11 is 0. The van der Waals surface area contributed by atoms with E-state index >= 15 is 0 Å². The number of anilines is 1. The predicted molar refractivity (Wildman–Crippen MR) is 76.4 cm³/mol. The van der Waals surface area contributed by atoms with Crippen molar-refractivity contribution in [3.63, 3.8) is 0 Å². The number of rotatable bonds is 3. The van der Waals surface area contributed by atoms with Crippen molar-refractivity contribution in [1.29, 1.82) is 0 Å². The Morgan fingerprint density at radius 3 is 2.57 bits per heavy atom. The number of carboxylic acids is 1. The Balaban J connectivity index is 2.03. The van der Waals surface area contributed by atoms with Gasteiger partial charge in [-0.05, 0) is 25.0 Å². The summed E-state index contributed by atoms with van der Waals surface area (Å²) in [4.78, 5) is 22.8. The highest BCUT2D eigenvalue weighted by atomic mass is 32.2. The van der Waals surface area contributed by atoms with E-state index in [0.717, 1.165) is 6.07 Å². The minimum atomic E-state index is -1.32. The molecule has 0 aliphatic carbocycles. The Hall–Kier alpha value is -1.96. The van der Waals surface area contributed by atoms with Crippen LogP contribution in [0.15, 0.2) is 18.2 Å². The molecule has 3 N–H and O–H groups in total. The van der Waals surface area contributed by atoms with E-state index in [9.17, 15) is 18.2 Å². The van der Waals surface area contributed by atoms with Gasteiger partial charge in [0.15, 0.2) is 0 Å². The van der Waals surface area contributed by atoms with Gasteiger partial charge in [-0.3, -0.25) is 4.21 Å². The van der Waals surface area contributed by atoms with Gasteiger partial charge in [0.1, 0.15) is 5.82 Å². The molecular formula is C13H15FN2O4S. The van der Waals surface area contributed by atoms with Gasteiger partial charge in [0.2, 0.25) is 0 Å². The van der Waals surface area contributed by atoms with Crippen molar-refractivity contribution < 1.29 is 23.3 Å². The molecule has 1 aliphatic heterocycles. The lowest BCUT2D eigenvalue weighted by Crippen LogP contribution is -2.42. The molecule has 0 aromatic heterocycles. The topological polar surface area (TPSA) is 95.5 Å². The van der Waals surface area contributed by atoms with Gasteiger partial charge in [-0.15, -0.1) is 0 Å². The molecule has 1 fully saturated rings. The molecule has 114 valence electrons. The van der Waals surface area contributed by atoms with Gasteiger partial charge < -0.3 is 15.7 Å². The first-order valence-corrected chi connectivity index (χ1v) is 7.90. The summed E-state index contributed by atoms with van der Waals surface area (Å²) in [6.07, 6.45) is 1.17. The molecule has 1 aliphatic rings. The van der Waals surface area contributed by atoms with E-state index in [1.165, 1.54) is 12.1 Å². The van der Waals surface area contributed by atoms with Crippen LogP contribution in [0, 0.1) is 5.82 Å². The van der Waals surface area contributed by atoms with Gasteiger partial charge in [-0.2, -0.15) is 0 Å². The molecular weight excluding hydrogens is 299 g/mol. The monoisotopic (exact) mass is 314 g/mol. The number of carboxylic acid groups (broad SMARTS) is 1. The van der Waals surface area contributed by atoms with Crippen molar-refractivity contribution in [2.75, 3.05) is 16.8 Å². The Bertz CT molecular complexity index is 584. The van der Waals surface area contributed by atoms with Crippen LogP contribution in [0.3, 0.4) is 0 Å². The van der Waals surface area contributed by atoms with Crippen LogP contribution in [0.4, 0.5) is 14.9 Å². The largest absolute Gasteiger partial charge is 0.478 e. The molecule has 6 nitrogen and oxygen atoms in total. The summed E-state index contributed by atoms with van der Waals surface area (Å²) in [6.45, 7) is 0. The van der Waals surface area contributed by atoms with Crippen LogP contribution in [0.1, 0.15) is 23.2 Å². The normalized spacial score (nSPS) is 21.6. The van der Waals surface area contributed by atoms with Gasteiger partial charge in [0, 0.05) is 28.3 Å². The van der Waals surface area contributed by atoms with Crippen LogP contribution >= 0.6 is 0 Å².